The minimum atomic E-state index is -0.0942. The molecule has 4 rings (SSSR count). The molecule has 2 aliphatic rings. The second kappa shape index (κ2) is 7.91. The van der Waals surface area contributed by atoms with Crippen LogP contribution in [0.5, 0.6) is 0 Å². The molecular weight excluding hydrogens is 354 g/mol. The van der Waals surface area contributed by atoms with Crippen molar-refractivity contribution in [3.63, 3.8) is 0 Å². The first kappa shape index (κ1) is 18.9. The number of rotatable bonds is 3. The second-order valence-corrected chi connectivity index (χ2v) is 7.94. The molecule has 28 heavy (non-hydrogen) atoms. The first-order valence-corrected chi connectivity index (χ1v) is 10.4. The van der Waals surface area contributed by atoms with E-state index in [1.165, 1.54) is 0 Å². The van der Waals surface area contributed by atoms with Gasteiger partial charge in [-0.1, -0.05) is 19.9 Å². The molecule has 2 aliphatic heterocycles. The van der Waals surface area contributed by atoms with Crippen molar-refractivity contribution in [1.29, 1.82) is 0 Å². The van der Waals surface area contributed by atoms with E-state index in [1.54, 1.807) is 4.40 Å². The number of likely N-dealkylation sites (N-methyl/N-ethyl adjacent to an activating group) is 1. The molecule has 2 fully saturated rings. The molecule has 0 aliphatic carbocycles. The predicted molar refractivity (Wildman–Crippen MR) is 108 cm³/mol. The van der Waals surface area contributed by atoms with E-state index in [9.17, 15) is 9.59 Å². The minimum Gasteiger partial charge on any atom is -0.337 e. The van der Waals surface area contributed by atoms with Gasteiger partial charge in [0.25, 0.3) is 11.8 Å². The average molecular weight is 383 g/mol. The van der Waals surface area contributed by atoms with E-state index in [-0.39, 0.29) is 11.8 Å². The number of piperidine rings is 1. The lowest BCUT2D eigenvalue weighted by molar-refractivity contribution is 0.0630. The molecular formula is C21H29N5O2. The molecule has 4 heterocycles. The lowest BCUT2D eigenvalue weighted by Crippen LogP contribution is -2.48. The normalized spacial score (nSPS) is 19.4. The number of fused-ring (bicyclic) bond motifs is 1. The maximum absolute atomic E-state index is 13.2. The molecule has 7 nitrogen and oxygen atoms in total. The van der Waals surface area contributed by atoms with Crippen LogP contribution < -0.4 is 0 Å². The van der Waals surface area contributed by atoms with E-state index in [0.29, 0.717) is 36.0 Å². The number of hydrogen-bond acceptors (Lipinski definition) is 4. The predicted octanol–water partition coefficient (Wildman–Crippen LogP) is 1.98. The van der Waals surface area contributed by atoms with Gasteiger partial charge < -0.3 is 14.7 Å². The lowest BCUT2D eigenvalue weighted by Gasteiger charge is -2.33. The molecule has 2 aromatic rings. The Morgan fingerprint density at radius 3 is 2.36 bits per heavy atom. The zero-order valence-electron chi connectivity index (χ0n) is 16.8. The van der Waals surface area contributed by atoms with Crippen molar-refractivity contribution in [3.8, 4) is 0 Å². The molecule has 0 radical (unpaired) electrons. The molecule has 0 saturated carbocycles. The molecule has 2 saturated heterocycles. The highest BCUT2D eigenvalue weighted by molar-refractivity contribution is 6.02. The summed E-state index contributed by atoms with van der Waals surface area (Å²) in [4.78, 5) is 36.9. The van der Waals surface area contributed by atoms with Crippen molar-refractivity contribution in [2.75, 3.05) is 45.8 Å². The summed E-state index contributed by atoms with van der Waals surface area (Å²) < 4.78 is 1.77. The zero-order valence-corrected chi connectivity index (χ0v) is 16.8. The van der Waals surface area contributed by atoms with Gasteiger partial charge in [-0.2, -0.15) is 0 Å². The number of aromatic nitrogens is 2. The van der Waals surface area contributed by atoms with Crippen molar-refractivity contribution in [3.05, 3.63) is 35.9 Å². The first-order chi connectivity index (χ1) is 13.6. The number of carbonyl (C=O) groups excluding carboxylic acids is 2. The van der Waals surface area contributed by atoms with Crippen molar-refractivity contribution in [2.45, 2.75) is 26.7 Å². The van der Waals surface area contributed by atoms with Crippen LogP contribution in [0.4, 0.5) is 0 Å². The molecule has 150 valence electrons. The van der Waals surface area contributed by atoms with Crippen LogP contribution >= 0.6 is 0 Å². The van der Waals surface area contributed by atoms with Gasteiger partial charge in [0.05, 0.1) is 5.52 Å². The van der Waals surface area contributed by atoms with Gasteiger partial charge in [0.2, 0.25) is 5.82 Å². The van der Waals surface area contributed by atoms with Gasteiger partial charge in [0.1, 0.15) is 0 Å². The maximum atomic E-state index is 13.2. The molecule has 0 bridgehead atoms. The number of piperazine rings is 1. The third-order valence-electron chi connectivity index (χ3n) is 6.12. The molecule has 0 atom stereocenters. The molecule has 0 unspecified atom stereocenters. The number of carbonyl (C=O) groups is 2. The number of imidazole rings is 1. The highest BCUT2D eigenvalue weighted by Crippen LogP contribution is 2.21. The van der Waals surface area contributed by atoms with Gasteiger partial charge in [-0.05, 0) is 37.4 Å². The van der Waals surface area contributed by atoms with Crippen LogP contribution in [0.3, 0.4) is 0 Å². The Kier molecular flexibility index (Phi) is 5.35. The van der Waals surface area contributed by atoms with Gasteiger partial charge in [0, 0.05) is 45.5 Å². The fourth-order valence-corrected chi connectivity index (χ4v) is 4.12. The average Bonchev–Trinajstić information content (AvgIpc) is 3.13. The number of amides is 2. The van der Waals surface area contributed by atoms with Gasteiger partial charge in [-0.3, -0.25) is 14.0 Å². The molecule has 0 N–H and O–H groups in total. The summed E-state index contributed by atoms with van der Waals surface area (Å²) in [6.07, 6.45) is 3.86. The van der Waals surface area contributed by atoms with Crippen molar-refractivity contribution < 1.29 is 9.59 Å². The Balaban J connectivity index is 1.61. The fraction of sp³-hybridized carbons (Fsp3) is 0.571. The smallest absolute Gasteiger partial charge is 0.290 e. The van der Waals surface area contributed by atoms with E-state index in [1.807, 2.05) is 34.2 Å². The summed E-state index contributed by atoms with van der Waals surface area (Å²) in [7, 11) is 0. The summed E-state index contributed by atoms with van der Waals surface area (Å²) in [5.41, 5.74) is 1.10. The third kappa shape index (κ3) is 3.51. The topological polar surface area (TPSA) is 61.2 Å². The Morgan fingerprint density at radius 1 is 1.00 bits per heavy atom. The van der Waals surface area contributed by atoms with Gasteiger partial charge in [0.15, 0.2) is 5.69 Å². The monoisotopic (exact) mass is 383 g/mol. The number of pyridine rings is 1. The summed E-state index contributed by atoms with van der Waals surface area (Å²) in [6.45, 7) is 10.0. The SMILES string of the molecule is CCN1CCN(C(=O)c2nc(C(=O)N3CCC(C)CC3)c3ccccn23)CC1. The van der Waals surface area contributed by atoms with E-state index >= 15 is 0 Å². The Labute approximate surface area is 165 Å². The highest BCUT2D eigenvalue weighted by atomic mass is 16.2. The van der Waals surface area contributed by atoms with Crippen molar-refractivity contribution >= 4 is 17.3 Å². The summed E-state index contributed by atoms with van der Waals surface area (Å²) >= 11 is 0. The van der Waals surface area contributed by atoms with Crippen LogP contribution in [0.2, 0.25) is 0 Å². The van der Waals surface area contributed by atoms with Gasteiger partial charge in [-0.25, -0.2) is 4.98 Å². The molecule has 2 aromatic heterocycles. The van der Waals surface area contributed by atoms with Crippen molar-refractivity contribution in [1.82, 2.24) is 24.1 Å². The number of nitrogens with zero attached hydrogens (tertiary/aromatic N) is 5. The molecule has 7 heteroatoms. The van der Waals surface area contributed by atoms with Crippen molar-refractivity contribution in [2.24, 2.45) is 5.92 Å². The maximum Gasteiger partial charge on any atom is 0.290 e. The lowest BCUT2D eigenvalue weighted by atomic mass is 9.99. The minimum absolute atomic E-state index is 0.0644. The Hall–Kier alpha value is -2.41. The highest BCUT2D eigenvalue weighted by Gasteiger charge is 2.30. The second-order valence-electron chi connectivity index (χ2n) is 7.94. The molecule has 0 spiro atoms. The molecule has 2 amide bonds. The largest absolute Gasteiger partial charge is 0.337 e. The van der Waals surface area contributed by atoms with E-state index < -0.39 is 0 Å². The molecule has 0 aromatic carbocycles. The number of hydrogen-bond donors (Lipinski definition) is 0. The Morgan fingerprint density at radius 2 is 1.68 bits per heavy atom. The van der Waals surface area contributed by atoms with Crippen LogP contribution in [0, 0.1) is 5.92 Å². The Bertz CT molecular complexity index is 861. The zero-order chi connectivity index (χ0) is 19.7. The summed E-state index contributed by atoms with van der Waals surface area (Å²) in [6, 6.07) is 5.64. The standard InChI is InChI=1S/C21H29N5O2/c1-3-23-12-14-25(15-13-23)21(28)19-22-18(17-6-4-5-9-26(17)19)20(27)24-10-7-16(2)8-11-24/h4-6,9,16H,3,7-8,10-15H2,1-2H3. The fourth-order valence-electron chi connectivity index (χ4n) is 4.12. The third-order valence-corrected chi connectivity index (χ3v) is 6.12. The van der Waals surface area contributed by atoms with Crippen LogP contribution in [0.1, 0.15) is 47.8 Å². The van der Waals surface area contributed by atoms with Gasteiger partial charge in [-0.15, -0.1) is 0 Å². The van der Waals surface area contributed by atoms with E-state index in [4.69, 9.17) is 0 Å². The number of likely N-dealkylation sites (tertiary alicyclic amines) is 1. The van der Waals surface area contributed by atoms with Crippen LogP contribution in [-0.2, 0) is 0 Å². The van der Waals surface area contributed by atoms with Gasteiger partial charge >= 0.3 is 0 Å². The van der Waals surface area contributed by atoms with Crippen LogP contribution in [0.15, 0.2) is 24.4 Å². The summed E-state index contributed by atoms with van der Waals surface area (Å²) in [5.74, 6) is 0.838. The summed E-state index contributed by atoms with van der Waals surface area (Å²) in [5, 5.41) is 0. The first-order valence-electron chi connectivity index (χ1n) is 10.4. The van der Waals surface area contributed by atoms with Crippen LogP contribution in [0.25, 0.3) is 5.52 Å². The van der Waals surface area contributed by atoms with Crippen LogP contribution in [-0.4, -0.2) is 81.7 Å². The van der Waals surface area contributed by atoms with E-state index in [0.717, 1.165) is 45.6 Å². The van der Waals surface area contributed by atoms with E-state index in [2.05, 4.69) is 23.7 Å². The quantitative estimate of drug-likeness (QED) is 0.813.